The molecular formula is C17H20. The van der Waals surface area contributed by atoms with Crippen LogP contribution in [0.1, 0.15) is 37.5 Å². The SMILES string of the molecule is C.CC1=Cc2ccc3cc(C)ccc3c2CC1. The Morgan fingerprint density at radius 1 is 0.941 bits per heavy atom. The van der Waals surface area contributed by atoms with Crippen LogP contribution >= 0.6 is 0 Å². The van der Waals surface area contributed by atoms with E-state index in [0.717, 1.165) is 0 Å². The third-order valence-corrected chi connectivity index (χ3v) is 3.49. The molecule has 0 saturated carbocycles. The summed E-state index contributed by atoms with van der Waals surface area (Å²) in [6, 6.07) is 11.3. The standard InChI is InChI=1S/C16H16.CH4/c1-11-3-7-15-13(9-11)5-6-14-10-12(2)4-8-16(14)15;/h3,5-7,9-10H,4,8H2,1-2H3;1H4. The summed E-state index contributed by atoms with van der Waals surface area (Å²) in [4.78, 5) is 0. The average Bonchev–Trinajstić information content (AvgIpc) is 2.28. The molecule has 0 heterocycles. The van der Waals surface area contributed by atoms with E-state index < -0.39 is 0 Å². The molecule has 0 atom stereocenters. The summed E-state index contributed by atoms with van der Waals surface area (Å²) in [6.07, 6.45) is 4.73. The minimum atomic E-state index is 0. The van der Waals surface area contributed by atoms with Crippen LogP contribution in [0, 0.1) is 6.92 Å². The van der Waals surface area contributed by atoms with Crippen molar-refractivity contribution in [1.82, 2.24) is 0 Å². The van der Waals surface area contributed by atoms with Crippen molar-refractivity contribution in [3.05, 3.63) is 52.6 Å². The predicted octanol–water partition coefficient (Wildman–Crippen LogP) is 5.13. The maximum absolute atomic E-state index is 2.33. The fourth-order valence-electron chi connectivity index (χ4n) is 2.60. The molecule has 88 valence electrons. The van der Waals surface area contributed by atoms with E-state index in [9.17, 15) is 0 Å². The van der Waals surface area contributed by atoms with E-state index in [4.69, 9.17) is 0 Å². The minimum absolute atomic E-state index is 0. The lowest BCUT2D eigenvalue weighted by atomic mass is 9.88. The van der Waals surface area contributed by atoms with Gasteiger partial charge in [0.05, 0.1) is 0 Å². The topological polar surface area (TPSA) is 0 Å². The van der Waals surface area contributed by atoms with Crippen molar-refractivity contribution in [2.45, 2.75) is 34.1 Å². The summed E-state index contributed by atoms with van der Waals surface area (Å²) in [6.45, 7) is 4.38. The number of allylic oxidation sites excluding steroid dienone is 1. The van der Waals surface area contributed by atoms with Gasteiger partial charge in [-0.1, -0.05) is 55.0 Å². The lowest BCUT2D eigenvalue weighted by Gasteiger charge is -2.16. The second-order valence-corrected chi connectivity index (χ2v) is 4.85. The zero-order chi connectivity index (χ0) is 11.1. The largest absolute Gasteiger partial charge is 0.0776 e. The third-order valence-electron chi connectivity index (χ3n) is 3.49. The number of hydrogen-bond acceptors (Lipinski definition) is 0. The van der Waals surface area contributed by atoms with Crippen LogP contribution in [0.5, 0.6) is 0 Å². The van der Waals surface area contributed by atoms with E-state index in [-0.39, 0.29) is 7.43 Å². The molecule has 0 fully saturated rings. The van der Waals surface area contributed by atoms with Gasteiger partial charge in [-0.25, -0.2) is 0 Å². The first-order valence-corrected chi connectivity index (χ1v) is 5.93. The summed E-state index contributed by atoms with van der Waals surface area (Å²) in [5, 5.41) is 2.82. The van der Waals surface area contributed by atoms with Crippen LogP contribution in [0.4, 0.5) is 0 Å². The number of benzene rings is 2. The second kappa shape index (κ2) is 4.37. The van der Waals surface area contributed by atoms with E-state index in [1.54, 1.807) is 0 Å². The van der Waals surface area contributed by atoms with Gasteiger partial charge in [0.25, 0.3) is 0 Å². The van der Waals surface area contributed by atoms with Crippen LogP contribution < -0.4 is 0 Å². The summed E-state index contributed by atoms with van der Waals surface area (Å²) in [5.41, 5.74) is 5.79. The van der Waals surface area contributed by atoms with Gasteiger partial charge in [0, 0.05) is 0 Å². The molecule has 1 aliphatic rings. The van der Waals surface area contributed by atoms with Crippen molar-refractivity contribution in [3.8, 4) is 0 Å². The molecule has 0 aromatic heterocycles. The smallest absolute Gasteiger partial charge is 0.0146 e. The third kappa shape index (κ3) is 2.00. The van der Waals surface area contributed by atoms with Gasteiger partial charge in [-0.2, -0.15) is 0 Å². The van der Waals surface area contributed by atoms with Crippen molar-refractivity contribution in [1.29, 1.82) is 0 Å². The Labute approximate surface area is 104 Å². The highest BCUT2D eigenvalue weighted by Gasteiger charge is 2.10. The van der Waals surface area contributed by atoms with Crippen LogP contribution in [-0.4, -0.2) is 0 Å². The first-order valence-electron chi connectivity index (χ1n) is 5.93. The normalized spacial score (nSPS) is 13.9. The van der Waals surface area contributed by atoms with Crippen LogP contribution in [0.25, 0.3) is 16.8 Å². The highest BCUT2D eigenvalue weighted by molar-refractivity contribution is 5.90. The van der Waals surface area contributed by atoms with Gasteiger partial charge < -0.3 is 0 Å². The highest BCUT2D eigenvalue weighted by atomic mass is 14.1. The average molecular weight is 224 g/mol. The number of rotatable bonds is 0. The highest BCUT2D eigenvalue weighted by Crippen LogP contribution is 2.30. The van der Waals surface area contributed by atoms with E-state index in [1.807, 2.05) is 0 Å². The Bertz CT molecular complexity index is 588. The Balaban J connectivity index is 0.00000108. The fourth-order valence-corrected chi connectivity index (χ4v) is 2.60. The first-order chi connectivity index (χ1) is 7.74. The van der Waals surface area contributed by atoms with Crippen molar-refractivity contribution < 1.29 is 0 Å². The van der Waals surface area contributed by atoms with Gasteiger partial charge >= 0.3 is 0 Å². The van der Waals surface area contributed by atoms with Crippen LogP contribution in [-0.2, 0) is 6.42 Å². The molecule has 17 heavy (non-hydrogen) atoms. The lowest BCUT2D eigenvalue weighted by Crippen LogP contribution is -1.98. The molecule has 2 aromatic carbocycles. The molecule has 0 spiro atoms. The zero-order valence-electron chi connectivity index (χ0n) is 9.88. The molecular weight excluding hydrogens is 204 g/mol. The van der Waals surface area contributed by atoms with E-state index in [2.05, 4.69) is 50.3 Å². The zero-order valence-corrected chi connectivity index (χ0v) is 9.88. The Hall–Kier alpha value is -1.56. The summed E-state index contributed by atoms with van der Waals surface area (Å²) in [7, 11) is 0. The van der Waals surface area contributed by atoms with Gasteiger partial charge in [0.15, 0.2) is 0 Å². The van der Waals surface area contributed by atoms with Crippen LogP contribution in [0.2, 0.25) is 0 Å². The molecule has 0 heteroatoms. The molecule has 0 amide bonds. The molecule has 0 nitrogen and oxygen atoms in total. The Morgan fingerprint density at radius 3 is 2.59 bits per heavy atom. The van der Waals surface area contributed by atoms with E-state index in [0.29, 0.717) is 0 Å². The van der Waals surface area contributed by atoms with Gasteiger partial charge in [-0.15, -0.1) is 0 Å². The predicted molar refractivity (Wildman–Crippen MR) is 77.4 cm³/mol. The van der Waals surface area contributed by atoms with Gasteiger partial charge in [-0.3, -0.25) is 0 Å². The van der Waals surface area contributed by atoms with Gasteiger partial charge in [-0.05, 0) is 48.6 Å². The molecule has 2 aromatic rings. The molecule has 1 aliphatic carbocycles. The minimum Gasteiger partial charge on any atom is -0.0776 e. The van der Waals surface area contributed by atoms with Crippen molar-refractivity contribution in [2.75, 3.05) is 0 Å². The maximum Gasteiger partial charge on any atom is -0.0146 e. The molecule has 0 aliphatic heterocycles. The fraction of sp³-hybridized carbons (Fsp3) is 0.294. The van der Waals surface area contributed by atoms with Gasteiger partial charge in [0.1, 0.15) is 0 Å². The van der Waals surface area contributed by atoms with Crippen molar-refractivity contribution >= 4 is 16.8 Å². The summed E-state index contributed by atoms with van der Waals surface area (Å²) >= 11 is 0. The quantitative estimate of drug-likeness (QED) is 0.581. The number of aryl methyl sites for hydroxylation is 2. The molecule has 3 rings (SSSR count). The monoisotopic (exact) mass is 224 g/mol. The van der Waals surface area contributed by atoms with E-state index in [1.165, 1.54) is 45.9 Å². The van der Waals surface area contributed by atoms with Crippen LogP contribution in [0.3, 0.4) is 0 Å². The number of hydrogen-bond donors (Lipinski definition) is 0. The van der Waals surface area contributed by atoms with E-state index >= 15 is 0 Å². The summed E-state index contributed by atoms with van der Waals surface area (Å²) < 4.78 is 0. The molecule has 0 bridgehead atoms. The Kier molecular flexibility index (Phi) is 3.06. The summed E-state index contributed by atoms with van der Waals surface area (Å²) in [5.74, 6) is 0. The molecule has 0 unspecified atom stereocenters. The van der Waals surface area contributed by atoms with Crippen molar-refractivity contribution in [2.24, 2.45) is 0 Å². The first kappa shape index (κ1) is 11.9. The van der Waals surface area contributed by atoms with Gasteiger partial charge in [0.2, 0.25) is 0 Å². The van der Waals surface area contributed by atoms with Crippen LogP contribution in [0.15, 0.2) is 35.9 Å². The molecule has 0 saturated heterocycles. The Morgan fingerprint density at radius 2 is 1.76 bits per heavy atom. The van der Waals surface area contributed by atoms with Crippen molar-refractivity contribution in [3.63, 3.8) is 0 Å². The molecule has 0 radical (unpaired) electrons. The second-order valence-electron chi connectivity index (χ2n) is 4.85. The number of fused-ring (bicyclic) bond motifs is 3. The maximum atomic E-state index is 2.33. The molecule has 0 N–H and O–H groups in total. The lowest BCUT2D eigenvalue weighted by molar-refractivity contribution is 0.936.